The van der Waals surface area contributed by atoms with Gasteiger partial charge in [-0.05, 0) is 18.2 Å². The predicted octanol–water partition coefficient (Wildman–Crippen LogP) is -2.15. The molecule has 0 spiro atoms. The Balaban J connectivity index is -0.000000312. The predicted molar refractivity (Wildman–Crippen MR) is 67.1 cm³/mol. The van der Waals surface area contributed by atoms with Crippen LogP contribution in [-0.4, -0.2) is 37.6 Å². The standard InChI is InChI=1S/C8H6O4.C4H4N2.Na.H2O.H/c9-7(10)5-2-1-3-6(4-5)8(11)12;1-2-6-4-3-5-1;;;/h1-4H,(H,9,10)(H,11,12);1-4H;;1H2;/q;;+1;;-1. The molecule has 0 aliphatic rings. The summed E-state index contributed by atoms with van der Waals surface area (Å²) >= 11 is 0. The van der Waals surface area contributed by atoms with Crippen molar-refractivity contribution in [2.45, 2.75) is 0 Å². The molecule has 0 fully saturated rings. The summed E-state index contributed by atoms with van der Waals surface area (Å²) in [5.74, 6) is -2.25. The van der Waals surface area contributed by atoms with Gasteiger partial charge >= 0.3 is 41.5 Å². The maximum Gasteiger partial charge on any atom is 1.00 e. The van der Waals surface area contributed by atoms with Crippen molar-refractivity contribution >= 4 is 11.9 Å². The molecule has 102 valence electrons. The fourth-order valence-electron chi connectivity index (χ4n) is 1.04. The van der Waals surface area contributed by atoms with Gasteiger partial charge in [-0.1, -0.05) is 6.07 Å². The molecular weight excluding hydrogens is 275 g/mol. The van der Waals surface area contributed by atoms with Gasteiger partial charge in [-0.2, -0.15) is 0 Å². The summed E-state index contributed by atoms with van der Waals surface area (Å²) in [7, 11) is 0. The van der Waals surface area contributed by atoms with Crippen molar-refractivity contribution < 1.29 is 56.3 Å². The largest absolute Gasteiger partial charge is 1.00 e. The number of aromatic nitrogens is 2. The zero-order valence-electron chi connectivity index (χ0n) is 11.7. The Morgan fingerprint density at radius 1 is 0.900 bits per heavy atom. The smallest absolute Gasteiger partial charge is 1.00 e. The number of carboxylic acid groups (broad SMARTS) is 2. The number of rotatable bonds is 2. The fourth-order valence-corrected chi connectivity index (χ4v) is 1.04. The van der Waals surface area contributed by atoms with Crippen molar-refractivity contribution in [3.63, 3.8) is 0 Å². The van der Waals surface area contributed by atoms with E-state index in [1.165, 1.54) is 18.2 Å². The van der Waals surface area contributed by atoms with Crippen LogP contribution in [0.25, 0.3) is 0 Å². The molecule has 1 heterocycles. The number of carboxylic acids is 2. The van der Waals surface area contributed by atoms with E-state index >= 15 is 0 Å². The van der Waals surface area contributed by atoms with Gasteiger partial charge in [0.2, 0.25) is 0 Å². The van der Waals surface area contributed by atoms with Gasteiger partial charge in [0.05, 0.1) is 11.1 Å². The van der Waals surface area contributed by atoms with Crippen LogP contribution < -0.4 is 29.6 Å². The maximum absolute atomic E-state index is 10.4. The van der Waals surface area contributed by atoms with Crippen LogP contribution in [0.15, 0.2) is 49.1 Å². The molecule has 7 nitrogen and oxygen atoms in total. The molecule has 0 aliphatic heterocycles. The van der Waals surface area contributed by atoms with Crippen LogP contribution in [0, 0.1) is 0 Å². The molecular formula is C12H13N2NaO5. The van der Waals surface area contributed by atoms with Crippen molar-refractivity contribution in [3.8, 4) is 0 Å². The van der Waals surface area contributed by atoms with Crippen molar-refractivity contribution in [1.29, 1.82) is 0 Å². The van der Waals surface area contributed by atoms with Crippen molar-refractivity contribution in [1.82, 2.24) is 9.97 Å². The van der Waals surface area contributed by atoms with Gasteiger partial charge in [0, 0.05) is 24.8 Å². The van der Waals surface area contributed by atoms with Crippen LogP contribution in [0.3, 0.4) is 0 Å². The summed E-state index contributed by atoms with van der Waals surface area (Å²) in [4.78, 5) is 28.2. The summed E-state index contributed by atoms with van der Waals surface area (Å²) in [6.07, 6.45) is 6.56. The summed E-state index contributed by atoms with van der Waals surface area (Å²) in [5, 5.41) is 17.0. The van der Waals surface area contributed by atoms with Crippen molar-refractivity contribution in [2.24, 2.45) is 0 Å². The van der Waals surface area contributed by atoms with Crippen molar-refractivity contribution in [2.75, 3.05) is 0 Å². The number of nitrogens with zero attached hydrogens (tertiary/aromatic N) is 2. The van der Waals surface area contributed by atoms with Gasteiger partial charge in [0.1, 0.15) is 0 Å². The summed E-state index contributed by atoms with van der Waals surface area (Å²) in [5.41, 5.74) is -0.0372. The number of benzene rings is 1. The van der Waals surface area contributed by atoms with E-state index in [0.717, 1.165) is 6.07 Å². The van der Waals surface area contributed by atoms with Crippen LogP contribution in [0.4, 0.5) is 0 Å². The Kier molecular flexibility index (Phi) is 11.3. The van der Waals surface area contributed by atoms with E-state index in [-0.39, 0.29) is 47.6 Å². The van der Waals surface area contributed by atoms with Gasteiger partial charge in [0.15, 0.2) is 0 Å². The maximum atomic E-state index is 10.4. The SMILES string of the molecule is O.O=C(O)c1cccc(C(=O)O)c1.[H-].[Na+].c1cnccn1. The van der Waals surface area contributed by atoms with Gasteiger partial charge in [-0.25, -0.2) is 9.59 Å². The molecule has 0 saturated carbocycles. The zero-order valence-corrected chi connectivity index (χ0v) is 12.7. The normalized spacial score (nSPS) is 8.00. The first-order valence-corrected chi connectivity index (χ1v) is 4.88. The van der Waals surface area contributed by atoms with Gasteiger partial charge in [0.25, 0.3) is 0 Å². The van der Waals surface area contributed by atoms with E-state index in [2.05, 4.69) is 9.97 Å². The Hall–Kier alpha value is -1.80. The van der Waals surface area contributed by atoms with E-state index in [0.29, 0.717) is 0 Å². The summed E-state index contributed by atoms with van der Waals surface area (Å²) < 4.78 is 0. The second-order valence-electron chi connectivity index (χ2n) is 3.09. The van der Waals surface area contributed by atoms with Gasteiger partial charge in [-0.15, -0.1) is 0 Å². The van der Waals surface area contributed by atoms with Crippen LogP contribution >= 0.6 is 0 Å². The minimum atomic E-state index is -1.13. The van der Waals surface area contributed by atoms with Crippen molar-refractivity contribution in [3.05, 3.63) is 60.2 Å². The molecule has 4 N–H and O–H groups in total. The third kappa shape index (κ3) is 7.59. The van der Waals surface area contributed by atoms with E-state index in [9.17, 15) is 9.59 Å². The first-order chi connectivity index (χ1) is 8.61. The first kappa shape index (κ1) is 20.5. The van der Waals surface area contributed by atoms with Crippen LogP contribution in [-0.2, 0) is 0 Å². The Morgan fingerprint density at radius 3 is 1.50 bits per heavy atom. The van der Waals surface area contributed by atoms with E-state index < -0.39 is 11.9 Å². The Morgan fingerprint density at radius 2 is 1.25 bits per heavy atom. The molecule has 1 aromatic heterocycles. The molecule has 0 amide bonds. The molecule has 0 atom stereocenters. The minimum Gasteiger partial charge on any atom is -1.00 e. The molecule has 0 aliphatic carbocycles. The number of aromatic carboxylic acids is 2. The van der Waals surface area contributed by atoms with E-state index in [4.69, 9.17) is 10.2 Å². The Bertz CT molecular complexity index is 486. The third-order valence-corrected chi connectivity index (χ3v) is 1.83. The molecule has 0 radical (unpaired) electrons. The third-order valence-electron chi connectivity index (χ3n) is 1.83. The average Bonchev–Trinajstić information content (AvgIpc) is 2.41. The van der Waals surface area contributed by atoms with Gasteiger partial charge in [-0.3, -0.25) is 9.97 Å². The number of hydrogen-bond acceptors (Lipinski definition) is 4. The minimum absolute atomic E-state index is 0. The average molecular weight is 288 g/mol. The zero-order chi connectivity index (χ0) is 13.4. The Labute approximate surface area is 138 Å². The molecule has 2 rings (SSSR count). The second kappa shape index (κ2) is 11.1. The van der Waals surface area contributed by atoms with E-state index in [1.807, 2.05) is 0 Å². The molecule has 8 heteroatoms. The van der Waals surface area contributed by atoms with Crippen LogP contribution in [0.2, 0.25) is 0 Å². The molecule has 0 unspecified atom stereocenters. The first-order valence-electron chi connectivity index (χ1n) is 4.88. The summed E-state index contributed by atoms with van der Waals surface area (Å²) in [6.45, 7) is 0. The molecule has 2 aromatic rings. The topological polar surface area (TPSA) is 132 Å². The van der Waals surface area contributed by atoms with Crippen LogP contribution in [0.1, 0.15) is 22.1 Å². The molecule has 1 aromatic carbocycles. The fraction of sp³-hybridized carbons (Fsp3) is 0. The van der Waals surface area contributed by atoms with Crippen LogP contribution in [0.5, 0.6) is 0 Å². The monoisotopic (exact) mass is 288 g/mol. The molecule has 0 saturated heterocycles. The summed E-state index contributed by atoms with van der Waals surface area (Å²) in [6, 6.07) is 5.20. The number of carbonyl (C=O) groups is 2. The molecule has 0 bridgehead atoms. The number of hydrogen-bond donors (Lipinski definition) is 2. The second-order valence-corrected chi connectivity index (χ2v) is 3.09. The van der Waals surface area contributed by atoms with E-state index in [1.54, 1.807) is 24.8 Å². The van der Waals surface area contributed by atoms with Gasteiger partial charge < -0.3 is 17.1 Å². The molecule has 20 heavy (non-hydrogen) atoms. The quantitative estimate of drug-likeness (QED) is 0.606.